The lowest BCUT2D eigenvalue weighted by Gasteiger charge is -2.31. The van der Waals surface area contributed by atoms with E-state index < -0.39 is 89.2 Å². The van der Waals surface area contributed by atoms with E-state index in [9.17, 15) is 82.1 Å². The summed E-state index contributed by atoms with van der Waals surface area (Å²) in [5.74, 6) is -4.67. The van der Waals surface area contributed by atoms with E-state index in [-0.39, 0.29) is 45.2 Å². The van der Waals surface area contributed by atoms with E-state index in [2.05, 4.69) is 36.0 Å². The summed E-state index contributed by atoms with van der Waals surface area (Å²) >= 11 is 0. The lowest BCUT2D eigenvalue weighted by molar-refractivity contribution is -0.135. The Morgan fingerprint density at radius 3 is 1.28 bits per heavy atom. The monoisotopic (exact) mass is 1570 g/mol. The molecule has 0 atom stereocenters. The van der Waals surface area contributed by atoms with Crippen molar-refractivity contribution in [2.24, 2.45) is 0 Å². The van der Waals surface area contributed by atoms with Crippen molar-refractivity contribution in [1.29, 1.82) is 0 Å². The highest BCUT2D eigenvalue weighted by atomic mass is 16.3. The molecule has 116 heavy (non-hydrogen) atoms. The Balaban J connectivity index is 0.000000156. The first-order valence-corrected chi connectivity index (χ1v) is 36.2. The number of nitrogens with zero attached hydrogens (tertiary/aromatic N) is 16. The molecule has 33 nitrogen and oxygen atoms in total. The summed E-state index contributed by atoms with van der Waals surface area (Å²) in [6.07, 6.45) is 18.2. The van der Waals surface area contributed by atoms with Gasteiger partial charge in [-0.15, -0.1) is 0 Å². The van der Waals surface area contributed by atoms with Crippen molar-refractivity contribution in [3.63, 3.8) is 0 Å². The molecule has 2 N–H and O–H groups in total. The van der Waals surface area contributed by atoms with Gasteiger partial charge in [0.05, 0.1) is 17.6 Å². The molecule has 3 aromatic heterocycles. The molecule has 596 valence electrons. The summed E-state index contributed by atoms with van der Waals surface area (Å²) in [6.45, 7) is 8.93. The number of amides is 20. The third kappa shape index (κ3) is 17.7. The largest absolute Gasteiger partial charge is 0.508 e. The Kier molecular flexibility index (Phi) is 25.0. The number of barbiturate groups is 5. The molecular weight excluding hydrogens is 1490 g/mol. The molecule has 4 aromatic carbocycles. The molecule has 33 heteroatoms. The van der Waals surface area contributed by atoms with Gasteiger partial charge in [-0.1, -0.05) is 79.4 Å². The third-order valence-electron chi connectivity index (χ3n) is 19.7. The fraction of sp³-hybridized carbons (Fsp3) is 0.265. The van der Waals surface area contributed by atoms with Gasteiger partial charge in [-0.25, -0.2) is 38.9 Å². The second kappa shape index (κ2) is 34.6. The number of pyridine rings is 1. The SMILES string of the molecule is CC1=CC(=C2C(=O)N(C)C(=O)N(C)C2=O)c2cc(O)cc(-c3ccc4ccccc4c3)c2C1.CN1C(=O)C(=Cc2cc(O)cc(C3CCCCC3)c2)C(=O)N(C)C1=O.Cc1ccc(C=C2C(=O)N(C)C(=O)N(C)C2=O)cn1.Cc1cnc(C=C2C(=O)N(C)C(=O)N(C)C2=O)cn1.Cc1nc(C)nc(C=C2C(=O)N(C)C(=O)N(C)C2=O)n1. The molecule has 7 aromatic rings. The van der Waals surface area contributed by atoms with E-state index in [1.54, 1.807) is 63.4 Å². The van der Waals surface area contributed by atoms with E-state index in [1.165, 1.54) is 133 Å². The summed E-state index contributed by atoms with van der Waals surface area (Å²) in [4.78, 5) is 214. The molecule has 8 heterocycles. The Hall–Kier alpha value is -14.5. The summed E-state index contributed by atoms with van der Waals surface area (Å²) in [5.41, 5.74) is 8.47. The maximum absolute atomic E-state index is 13.0. The minimum absolute atomic E-state index is 0.0384. The van der Waals surface area contributed by atoms with Crippen LogP contribution in [0.5, 0.6) is 11.5 Å². The summed E-state index contributed by atoms with van der Waals surface area (Å²) in [6, 6.07) is 22.9. The minimum Gasteiger partial charge on any atom is -0.508 e. The van der Waals surface area contributed by atoms with Gasteiger partial charge in [0.1, 0.15) is 51.0 Å². The van der Waals surface area contributed by atoms with Crippen molar-refractivity contribution in [3.8, 4) is 22.6 Å². The number of hydrogen-bond donors (Lipinski definition) is 2. The number of carbonyl (C=O) groups is 15. The molecule has 14 rings (SSSR count). The standard InChI is InChI=1S/C27H22N2O4.C19H22N2O4.C13H13N3O3.C12H13N5O3.C12H12N4O3/c1-15-10-21-20(18-9-8-16-6-4-5-7-17(16)12-18)13-19(30)14-22(21)23(11-15)24-25(31)28(2)27(33)29(3)26(24)32;1-20-17(23)16(18(24)21(2)19(20)25)10-12-8-14(11-15(22)9-12)13-6-4-3-5-7-13;1-8-4-5-9(7-14-8)6-10-11(17)15(2)13(19)16(3)12(10)18;1-6-13-7(2)15-9(14-6)5-8-10(18)16(3)12(20)17(4)11(8)19;1-7-5-14-8(6-13-7)4-9-10(17)15(2)12(19)16(3)11(9)18/h4-9,11-14,30H,10H2,1-3H3;8-11,13,22H,3-7H2,1-2H3;4-7H,1-3H3;5H,1-4H3;4-6H,1-3H3. The number of likely N-dealkylation sites (N-methyl/N-ethyl adjacent to an activating group) is 10. The predicted molar refractivity (Wildman–Crippen MR) is 421 cm³/mol. The predicted octanol–water partition coefficient (Wildman–Crippen LogP) is 8.36. The zero-order valence-corrected chi connectivity index (χ0v) is 66.2. The second-order valence-corrected chi connectivity index (χ2v) is 28.1. The first kappa shape index (κ1) is 83.9. The first-order chi connectivity index (χ1) is 54.8. The number of urea groups is 5. The average Bonchev–Trinajstić information content (AvgIpc) is 0.746. The molecule has 1 saturated carbocycles. The molecule has 0 radical (unpaired) electrons. The number of allylic oxidation sites excluding steroid dienone is 3. The van der Waals surface area contributed by atoms with E-state index >= 15 is 0 Å². The van der Waals surface area contributed by atoms with E-state index in [0.29, 0.717) is 51.9 Å². The van der Waals surface area contributed by atoms with Crippen LogP contribution in [0, 0.1) is 27.7 Å². The Bertz CT molecular complexity index is 5320. The van der Waals surface area contributed by atoms with Crippen LogP contribution in [-0.2, 0) is 54.4 Å². The van der Waals surface area contributed by atoms with Crippen molar-refractivity contribution in [3.05, 3.63) is 205 Å². The van der Waals surface area contributed by atoms with Crippen LogP contribution < -0.4 is 0 Å². The topological polar surface area (TPSA) is 406 Å². The van der Waals surface area contributed by atoms with Crippen molar-refractivity contribution in [2.75, 3.05) is 70.5 Å². The highest BCUT2D eigenvalue weighted by molar-refractivity contribution is 6.35. The number of imide groups is 10. The number of rotatable bonds is 6. The van der Waals surface area contributed by atoms with Gasteiger partial charge in [-0.2, -0.15) is 0 Å². The average molecular weight is 1580 g/mol. The fourth-order valence-corrected chi connectivity index (χ4v) is 13.3. The van der Waals surface area contributed by atoms with Crippen LogP contribution in [0.15, 0.2) is 143 Å². The Morgan fingerprint density at radius 1 is 0.379 bits per heavy atom. The highest BCUT2D eigenvalue weighted by Gasteiger charge is 2.44. The number of hydrogen-bond acceptors (Lipinski definition) is 23. The van der Waals surface area contributed by atoms with Crippen LogP contribution >= 0.6 is 0 Å². The van der Waals surface area contributed by atoms with Gasteiger partial charge >= 0.3 is 30.2 Å². The van der Waals surface area contributed by atoms with Crippen molar-refractivity contribution in [1.82, 2.24) is 78.9 Å². The molecule has 0 unspecified atom stereocenters. The number of fused-ring (bicyclic) bond motifs is 2. The number of aromatic nitrogens is 6. The fourth-order valence-electron chi connectivity index (χ4n) is 13.3. The lowest BCUT2D eigenvalue weighted by atomic mass is 9.81. The Labute approximate surface area is 665 Å². The van der Waals surface area contributed by atoms with Gasteiger partial charge in [0.2, 0.25) is 0 Å². The van der Waals surface area contributed by atoms with Crippen LogP contribution in [-0.4, -0.2) is 249 Å². The van der Waals surface area contributed by atoms with Gasteiger partial charge in [0, 0.05) is 100 Å². The maximum Gasteiger partial charge on any atom is 0.333 e. The number of carbonyl (C=O) groups excluding carboxylic acids is 15. The number of aromatic hydroxyl groups is 2. The van der Waals surface area contributed by atoms with E-state index in [1.807, 2.05) is 56.3 Å². The maximum atomic E-state index is 13.0. The molecule has 7 aliphatic rings. The van der Waals surface area contributed by atoms with Gasteiger partial charge < -0.3 is 10.2 Å². The van der Waals surface area contributed by atoms with Gasteiger partial charge in [0.15, 0.2) is 5.82 Å². The van der Waals surface area contributed by atoms with Crippen molar-refractivity contribution < 1.29 is 82.1 Å². The molecule has 5 aliphatic heterocycles. The lowest BCUT2D eigenvalue weighted by Crippen LogP contribution is -2.53. The van der Waals surface area contributed by atoms with Crippen LogP contribution in [0.25, 0.3) is 51.8 Å². The summed E-state index contributed by atoms with van der Waals surface area (Å²) in [5, 5.41) is 22.9. The number of phenols is 2. The molecule has 0 spiro atoms. The van der Waals surface area contributed by atoms with Gasteiger partial charge in [0.25, 0.3) is 59.1 Å². The second-order valence-electron chi connectivity index (χ2n) is 28.1. The number of phenolic OH excluding ortho intramolecular Hbond substituents is 2. The van der Waals surface area contributed by atoms with Crippen LogP contribution in [0.2, 0.25) is 0 Å². The molecule has 2 aliphatic carbocycles. The minimum atomic E-state index is -0.672. The zero-order chi connectivity index (χ0) is 84.9. The van der Waals surface area contributed by atoms with E-state index in [0.717, 1.165) is 112 Å². The van der Waals surface area contributed by atoms with Gasteiger partial charge in [-0.3, -0.25) is 112 Å². The summed E-state index contributed by atoms with van der Waals surface area (Å²) < 4.78 is 0. The molecule has 6 fully saturated rings. The number of benzene rings is 4. The smallest absolute Gasteiger partial charge is 0.333 e. The van der Waals surface area contributed by atoms with E-state index in [4.69, 9.17) is 0 Å². The molecule has 5 saturated heterocycles. The molecular formula is C83H82N16O17. The normalized spacial score (nSPS) is 17.0. The number of aryl methyl sites for hydroxylation is 4. The van der Waals surface area contributed by atoms with Crippen LogP contribution in [0.3, 0.4) is 0 Å². The van der Waals surface area contributed by atoms with Crippen molar-refractivity contribution >= 4 is 130 Å². The molecule has 0 bridgehead atoms. The molecule has 20 amide bonds. The van der Waals surface area contributed by atoms with Crippen LogP contribution in [0.1, 0.15) is 107 Å². The van der Waals surface area contributed by atoms with Crippen molar-refractivity contribution in [2.45, 2.75) is 79.1 Å². The zero-order valence-electron chi connectivity index (χ0n) is 66.2. The van der Waals surface area contributed by atoms with Gasteiger partial charge in [-0.05, 0) is 164 Å². The summed E-state index contributed by atoms with van der Waals surface area (Å²) in [7, 11) is 13.4. The Morgan fingerprint density at radius 2 is 0.810 bits per heavy atom. The first-order valence-electron chi connectivity index (χ1n) is 36.2. The van der Waals surface area contributed by atoms with Crippen LogP contribution in [0.4, 0.5) is 24.0 Å². The quantitative estimate of drug-likeness (QED) is 0.117. The highest BCUT2D eigenvalue weighted by Crippen LogP contribution is 2.43. The third-order valence-corrected chi connectivity index (χ3v) is 19.7.